The molecule has 3 aromatic carbocycles. The van der Waals surface area contributed by atoms with Gasteiger partial charge in [0.05, 0.1) is 26.8 Å². The van der Waals surface area contributed by atoms with Crippen molar-refractivity contribution in [2.24, 2.45) is 0 Å². The maximum absolute atomic E-state index is 13.8. The number of aromatic nitrogens is 1. The second kappa shape index (κ2) is 10.5. The molecule has 39 heavy (non-hydrogen) atoms. The number of nitrogens with zero attached hydrogens (tertiary/aromatic N) is 2. The van der Waals surface area contributed by atoms with E-state index in [-0.39, 0.29) is 5.91 Å². The lowest BCUT2D eigenvalue weighted by molar-refractivity contribution is -0.126. The standard InChI is InChI=1S/C32H26Cl2N2O3/c1-19(31(37)36-17-16-20-8-2-5-15-27(20)36)39-32(38)28-23-11-3-4-14-26(23)35-30-22(10-6-12-24(28)30)18-21-9-7-13-25(33)29(21)34/h2-5,7-9,11,13-15,18-19H,6,10,12,16-17H2,1H3/b22-18+. The molecule has 0 saturated heterocycles. The van der Waals surface area contributed by atoms with Crippen LogP contribution in [-0.4, -0.2) is 29.5 Å². The molecule has 1 unspecified atom stereocenters. The van der Waals surface area contributed by atoms with Gasteiger partial charge in [0.2, 0.25) is 0 Å². The molecule has 1 aliphatic carbocycles. The van der Waals surface area contributed by atoms with E-state index in [2.05, 4.69) is 0 Å². The first-order chi connectivity index (χ1) is 18.9. The second-order valence-electron chi connectivity index (χ2n) is 9.91. The van der Waals surface area contributed by atoms with Crippen LogP contribution in [0.1, 0.15) is 52.5 Å². The average Bonchev–Trinajstić information content (AvgIpc) is 3.38. The first kappa shape index (κ1) is 25.6. The highest BCUT2D eigenvalue weighted by molar-refractivity contribution is 6.43. The molecule has 6 rings (SSSR count). The summed E-state index contributed by atoms with van der Waals surface area (Å²) in [5.41, 5.74) is 6.55. The number of hydrogen-bond donors (Lipinski definition) is 0. The number of carbonyl (C=O) groups is 2. The predicted octanol–water partition coefficient (Wildman–Crippen LogP) is 7.55. The molecule has 5 nitrogen and oxygen atoms in total. The minimum Gasteiger partial charge on any atom is -0.449 e. The molecule has 0 radical (unpaired) electrons. The van der Waals surface area contributed by atoms with Gasteiger partial charge in [0.15, 0.2) is 6.10 Å². The molecule has 2 aliphatic rings. The van der Waals surface area contributed by atoms with E-state index in [1.165, 1.54) is 0 Å². The lowest BCUT2D eigenvalue weighted by Gasteiger charge is -2.25. The lowest BCUT2D eigenvalue weighted by Crippen LogP contribution is -2.39. The number of esters is 1. The SMILES string of the molecule is CC(OC(=O)c1c2c(nc3ccccc13)/C(=C/c1cccc(Cl)c1Cl)CCC2)C(=O)N1CCc2ccccc21. The zero-order valence-electron chi connectivity index (χ0n) is 21.4. The van der Waals surface area contributed by atoms with Gasteiger partial charge in [-0.2, -0.15) is 0 Å². The number of benzene rings is 3. The summed E-state index contributed by atoms with van der Waals surface area (Å²) in [7, 11) is 0. The summed E-state index contributed by atoms with van der Waals surface area (Å²) < 4.78 is 5.87. The van der Waals surface area contributed by atoms with Crippen molar-refractivity contribution in [3.63, 3.8) is 0 Å². The van der Waals surface area contributed by atoms with Crippen LogP contribution in [-0.2, 0) is 22.4 Å². The summed E-state index contributed by atoms with van der Waals surface area (Å²) in [6.45, 7) is 2.22. The molecule has 1 aromatic heterocycles. The largest absolute Gasteiger partial charge is 0.449 e. The zero-order chi connectivity index (χ0) is 27.1. The van der Waals surface area contributed by atoms with Crippen molar-refractivity contribution in [2.45, 2.75) is 38.7 Å². The number of para-hydroxylation sites is 2. The molecule has 0 fully saturated rings. The highest BCUT2D eigenvalue weighted by atomic mass is 35.5. The van der Waals surface area contributed by atoms with Gasteiger partial charge in [-0.25, -0.2) is 9.78 Å². The molecule has 0 saturated carbocycles. The number of amides is 1. The zero-order valence-corrected chi connectivity index (χ0v) is 22.9. The van der Waals surface area contributed by atoms with Gasteiger partial charge >= 0.3 is 5.97 Å². The smallest absolute Gasteiger partial charge is 0.339 e. The number of pyridine rings is 1. The number of carbonyl (C=O) groups excluding carboxylic acids is 2. The minimum absolute atomic E-state index is 0.225. The van der Waals surface area contributed by atoms with E-state index in [0.29, 0.717) is 34.1 Å². The Kier molecular flexibility index (Phi) is 6.88. The Hall–Kier alpha value is -3.67. The average molecular weight is 557 g/mol. The highest BCUT2D eigenvalue weighted by Gasteiger charge is 2.32. The summed E-state index contributed by atoms with van der Waals surface area (Å²) in [6.07, 6.45) is 4.17. The van der Waals surface area contributed by atoms with Gasteiger partial charge in [-0.1, -0.05) is 71.7 Å². The summed E-state index contributed by atoms with van der Waals surface area (Å²) in [6, 6.07) is 20.9. The van der Waals surface area contributed by atoms with E-state index in [1.807, 2.05) is 66.7 Å². The third-order valence-electron chi connectivity index (χ3n) is 7.47. The number of hydrogen-bond acceptors (Lipinski definition) is 4. The van der Waals surface area contributed by atoms with Crippen LogP contribution in [0, 0.1) is 0 Å². The Morgan fingerprint density at radius 1 is 0.974 bits per heavy atom. The molecule has 7 heteroatoms. The van der Waals surface area contributed by atoms with Gasteiger partial charge in [0.1, 0.15) is 0 Å². The van der Waals surface area contributed by atoms with Crippen LogP contribution in [0.2, 0.25) is 10.0 Å². The third-order valence-corrected chi connectivity index (χ3v) is 8.30. The second-order valence-corrected chi connectivity index (χ2v) is 10.7. The van der Waals surface area contributed by atoms with Gasteiger partial charge in [0, 0.05) is 17.6 Å². The van der Waals surface area contributed by atoms with E-state index >= 15 is 0 Å². The Morgan fingerprint density at radius 2 is 1.77 bits per heavy atom. The van der Waals surface area contributed by atoms with Crippen LogP contribution < -0.4 is 4.90 Å². The van der Waals surface area contributed by atoms with Gasteiger partial charge < -0.3 is 9.64 Å². The van der Waals surface area contributed by atoms with Crippen molar-refractivity contribution in [3.05, 3.63) is 105 Å². The normalized spacial score (nSPS) is 16.2. The highest BCUT2D eigenvalue weighted by Crippen LogP contribution is 2.38. The summed E-state index contributed by atoms with van der Waals surface area (Å²) in [5.74, 6) is -0.739. The van der Waals surface area contributed by atoms with Gasteiger partial charge in [-0.15, -0.1) is 0 Å². The molecular weight excluding hydrogens is 531 g/mol. The fourth-order valence-electron chi connectivity index (χ4n) is 5.58. The maximum atomic E-state index is 13.8. The van der Waals surface area contributed by atoms with E-state index in [1.54, 1.807) is 17.9 Å². The molecule has 1 atom stereocenters. The fraction of sp³-hybridized carbons (Fsp3) is 0.219. The molecule has 1 aliphatic heterocycles. The number of halogens is 2. The van der Waals surface area contributed by atoms with Crippen molar-refractivity contribution >= 4 is 63.3 Å². The molecule has 2 heterocycles. The van der Waals surface area contributed by atoms with Crippen molar-refractivity contribution in [2.75, 3.05) is 11.4 Å². The van der Waals surface area contributed by atoms with Crippen LogP contribution in [0.25, 0.3) is 22.6 Å². The third kappa shape index (κ3) is 4.70. The van der Waals surface area contributed by atoms with Gasteiger partial charge in [-0.05, 0) is 79.1 Å². The molecular formula is C32H26Cl2N2O3. The number of fused-ring (bicyclic) bond motifs is 3. The fourth-order valence-corrected chi connectivity index (χ4v) is 5.95. The molecule has 1 amide bonds. The number of rotatable bonds is 4. The maximum Gasteiger partial charge on any atom is 0.339 e. The first-order valence-corrected chi connectivity index (χ1v) is 13.8. The molecule has 4 aromatic rings. The van der Waals surface area contributed by atoms with E-state index in [0.717, 1.165) is 58.3 Å². The van der Waals surface area contributed by atoms with Crippen LogP contribution >= 0.6 is 23.2 Å². The van der Waals surface area contributed by atoms with Crippen molar-refractivity contribution < 1.29 is 14.3 Å². The quantitative estimate of drug-likeness (QED) is 0.243. The summed E-state index contributed by atoms with van der Waals surface area (Å²) in [4.78, 5) is 33.8. The molecule has 0 spiro atoms. The number of anilines is 1. The number of allylic oxidation sites excluding steroid dienone is 1. The van der Waals surface area contributed by atoms with E-state index in [9.17, 15) is 9.59 Å². The number of ether oxygens (including phenoxy) is 1. The Balaban J connectivity index is 1.37. The molecule has 0 bridgehead atoms. The van der Waals surface area contributed by atoms with Crippen molar-refractivity contribution in [1.29, 1.82) is 0 Å². The molecule has 0 N–H and O–H groups in total. The molecule has 196 valence electrons. The lowest BCUT2D eigenvalue weighted by atomic mass is 9.86. The Bertz CT molecular complexity index is 1660. The van der Waals surface area contributed by atoms with Gasteiger partial charge in [0.25, 0.3) is 5.91 Å². The minimum atomic E-state index is -0.935. The topological polar surface area (TPSA) is 59.5 Å². The van der Waals surface area contributed by atoms with Gasteiger partial charge in [-0.3, -0.25) is 4.79 Å². The van der Waals surface area contributed by atoms with Crippen LogP contribution in [0.15, 0.2) is 66.7 Å². The Morgan fingerprint density at radius 3 is 2.64 bits per heavy atom. The predicted molar refractivity (Wildman–Crippen MR) is 156 cm³/mol. The summed E-state index contributed by atoms with van der Waals surface area (Å²) in [5, 5.41) is 1.68. The van der Waals surface area contributed by atoms with Crippen LogP contribution in [0.4, 0.5) is 5.69 Å². The van der Waals surface area contributed by atoms with Crippen molar-refractivity contribution in [1.82, 2.24) is 4.98 Å². The van der Waals surface area contributed by atoms with Crippen molar-refractivity contribution in [3.8, 4) is 0 Å². The van der Waals surface area contributed by atoms with Crippen LogP contribution in [0.3, 0.4) is 0 Å². The monoisotopic (exact) mass is 556 g/mol. The van der Waals surface area contributed by atoms with E-state index in [4.69, 9.17) is 32.9 Å². The summed E-state index contributed by atoms with van der Waals surface area (Å²) >= 11 is 12.7. The Labute approximate surface area is 237 Å². The first-order valence-electron chi connectivity index (χ1n) is 13.1. The van der Waals surface area contributed by atoms with Crippen LogP contribution in [0.5, 0.6) is 0 Å². The van der Waals surface area contributed by atoms with E-state index < -0.39 is 12.1 Å².